The second-order valence-electron chi connectivity index (χ2n) is 5.05. The van der Waals surface area contributed by atoms with Crippen LogP contribution >= 0.6 is 0 Å². The zero-order chi connectivity index (χ0) is 13.7. The van der Waals surface area contributed by atoms with Crippen LogP contribution in [0.2, 0.25) is 0 Å². The molecule has 6 nitrogen and oxygen atoms in total. The molecule has 0 unspecified atom stereocenters. The van der Waals surface area contributed by atoms with Crippen LogP contribution in [0.4, 0.5) is 5.82 Å². The van der Waals surface area contributed by atoms with Gasteiger partial charge >= 0.3 is 5.97 Å². The van der Waals surface area contributed by atoms with Crippen LogP contribution in [-0.2, 0) is 11.8 Å². The van der Waals surface area contributed by atoms with Gasteiger partial charge in [0.25, 0.3) is 0 Å². The molecule has 1 amide bonds. The fourth-order valence-electron chi connectivity index (χ4n) is 2.21. The van der Waals surface area contributed by atoms with Gasteiger partial charge in [-0.2, -0.15) is 0 Å². The molecule has 1 aliphatic heterocycles. The summed E-state index contributed by atoms with van der Waals surface area (Å²) in [4.78, 5) is 24.3. The fraction of sp³-hybridized carbons (Fsp3) is 0.500. The maximum atomic E-state index is 11.7. The molecule has 1 aliphatic rings. The van der Waals surface area contributed by atoms with Gasteiger partial charge in [-0.15, -0.1) is 0 Å². The number of hydrogen-bond donors (Lipinski definition) is 1. The van der Waals surface area contributed by atoms with Crippen molar-refractivity contribution in [2.24, 2.45) is 7.05 Å². The Balaban J connectivity index is 2.60. The van der Waals surface area contributed by atoms with Crippen LogP contribution in [0, 0.1) is 0 Å². The summed E-state index contributed by atoms with van der Waals surface area (Å²) in [7, 11) is 1.61. The molecule has 0 atom stereocenters. The van der Waals surface area contributed by atoms with E-state index in [1.807, 2.05) is 13.8 Å². The SMILES string of the molecule is CC(=O)N1CC(C)(C)Oc2cc(C(=O)O)n(C)c21. The largest absolute Gasteiger partial charge is 0.482 e. The van der Waals surface area contributed by atoms with E-state index in [4.69, 9.17) is 9.84 Å². The number of carboxylic acids is 1. The smallest absolute Gasteiger partial charge is 0.352 e. The summed E-state index contributed by atoms with van der Waals surface area (Å²) in [5.41, 5.74) is -0.431. The molecule has 0 aliphatic carbocycles. The first-order valence-corrected chi connectivity index (χ1v) is 5.63. The molecule has 6 heteroatoms. The monoisotopic (exact) mass is 252 g/mol. The van der Waals surface area contributed by atoms with E-state index in [-0.39, 0.29) is 11.6 Å². The van der Waals surface area contributed by atoms with Crippen molar-refractivity contribution in [2.75, 3.05) is 11.4 Å². The van der Waals surface area contributed by atoms with Crippen molar-refractivity contribution < 1.29 is 19.4 Å². The lowest BCUT2D eigenvalue weighted by atomic mass is 10.1. The Morgan fingerprint density at radius 1 is 1.44 bits per heavy atom. The summed E-state index contributed by atoms with van der Waals surface area (Å²) in [5.74, 6) is -0.247. The van der Waals surface area contributed by atoms with Crippen molar-refractivity contribution in [1.82, 2.24) is 4.57 Å². The Hall–Kier alpha value is -1.98. The minimum atomic E-state index is -1.04. The number of rotatable bonds is 1. The van der Waals surface area contributed by atoms with Crippen LogP contribution in [0.5, 0.6) is 5.75 Å². The minimum Gasteiger partial charge on any atom is -0.482 e. The molecule has 18 heavy (non-hydrogen) atoms. The van der Waals surface area contributed by atoms with E-state index in [0.29, 0.717) is 18.1 Å². The number of fused-ring (bicyclic) bond motifs is 1. The van der Waals surface area contributed by atoms with Crippen LogP contribution in [0.3, 0.4) is 0 Å². The van der Waals surface area contributed by atoms with E-state index in [1.165, 1.54) is 17.6 Å². The zero-order valence-electron chi connectivity index (χ0n) is 10.9. The number of carboxylic acid groups (broad SMARTS) is 1. The summed E-state index contributed by atoms with van der Waals surface area (Å²) in [6.07, 6.45) is 0. The molecule has 98 valence electrons. The first kappa shape index (κ1) is 12.5. The Bertz CT molecular complexity index is 530. The summed E-state index contributed by atoms with van der Waals surface area (Å²) in [6, 6.07) is 1.45. The molecule has 1 aromatic heterocycles. The van der Waals surface area contributed by atoms with Crippen LogP contribution in [0.25, 0.3) is 0 Å². The third-order valence-electron chi connectivity index (χ3n) is 2.95. The number of carbonyl (C=O) groups is 2. The van der Waals surface area contributed by atoms with Crippen molar-refractivity contribution in [1.29, 1.82) is 0 Å². The van der Waals surface area contributed by atoms with Crippen LogP contribution in [-0.4, -0.2) is 33.7 Å². The van der Waals surface area contributed by atoms with Gasteiger partial charge in [0.15, 0.2) is 11.6 Å². The van der Waals surface area contributed by atoms with Crippen molar-refractivity contribution in [2.45, 2.75) is 26.4 Å². The third kappa shape index (κ3) is 1.83. The van der Waals surface area contributed by atoms with Crippen LogP contribution in [0.1, 0.15) is 31.3 Å². The van der Waals surface area contributed by atoms with E-state index < -0.39 is 11.6 Å². The molecular formula is C12H16N2O4. The molecule has 0 saturated carbocycles. The molecule has 1 aromatic rings. The maximum absolute atomic E-state index is 11.7. The second-order valence-corrected chi connectivity index (χ2v) is 5.05. The highest BCUT2D eigenvalue weighted by molar-refractivity contribution is 5.96. The molecule has 0 fully saturated rings. The fourth-order valence-corrected chi connectivity index (χ4v) is 2.21. The van der Waals surface area contributed by atoms with Gasteiger partial charge in [-0.05, 0) is 13.8 Å². The molecule has 0 saturated heterocycles. The second kappa shape index (κ2) is 3.76. The predicted octanol–water partition coefficient (Wildman–Crippen LogP) is 1.25. The molecular weight excluding hydrogens is 236 g/mol. The summed E-state index contributed by atoms with van der Waals surface area (Å²) < 4.78 is 7.20. The summed E-state index contributed by atoms with van der Waals surface area (Å²) in [5, 5.41) is 9.09. The van der Waals surface area contributed by atoms with E-state index in [9.17, 15) is 9.59 Å². The van der Waals surface area contributed by atoms with Crippen molar-refractivity contribution in [3.8, 4) is 5.75 Å². The van der Waals surface area contributed by atoms with E-state index in [1.54, 1.807) is 11.9 Å². The number of amides is 1. The van der Waals surface area contributed by atoms with Gasteiger partial charge in [-0.25, -0.2) is 4.79 Å². The number of anilines is 1. The van der Waals surface area contributed by atoms with E-state index >= 15 is 0 Å². The quantitative estimate of drug-likeness (QED) is 0.816. The number of hydrogen-bond acceptors (Lipinski definition) is 3. The Labute approximate surface area is 105 Å². The number of nitrogens with zero attached hydrogens (tertiary/aromatic N) is 2. The predicted molar refractivity (Wildman–Crippen MR) is 65.1 cm³/mol. The molecule has 1 N–H and O–H groups in total. The van der Waals surface area contributed by atoms with E-state index in [0.717, 1.165) is 0 Å². The average molecular weight is 252 g/mol. The lowest BCUT2D eigenvalue weighted by Crippen LogP contribution is -2.49. The topological polar surface area (TPSA) is 71.8 Å². The number of aromatic nitrogens is 1. The molecule has 0 bridgehead atoms. The van der Waals surface area contributed by atoms with Gasteiger partial charge in [0.1, 0.15) is 11.3 Å². The molecule has 0 spiro atoms. The van der Waals surface area contributed by atoms with Gasteiger partial charge in [-0.3, -0.25) is 9.69 Å². The van der Waals surface area contributed by atoms with Crippen molar-refractivity contribution in [3.05, 3.63) is 11.8 Å². The van der Waals surface area contributed by atoms with Crippen molar-refractivity contribution in [3.63, 3.8) is 0 Å². The van der Waals surface area contributed by atoms with Crippen LogP contribution < -0.4 is 9.64 Å². The molecule has 2 rings (SSSR count). The highest BCUT2D eigenvalue weighted by Crippen LogP contribution is 2.39. The number of aromatic carboxylic acids is 1. The molecule has 0 radical (unpaired) electrons. The van der Waals surface area contributed by atoms with Gasteiger partial charge in [0.05, 0.1) is 6.54 Å². The van der Waals surface area contributed by atoms with Crippen molar-refractivity contribution >= 4 is 17.7 Å². The Kier molecular flexibility index (Phi) is 2.61. The standard InChI is InChI=1S/C12H16N2O4/c1-7(15)14-6-12(2,3)18-9-5-8(11(16)17)13(4)10(9)14/h5H,6H2,1-4H3,(H,16,17). The molecule has 0 aromatic carbocycles. The van der Waals surface area contributed by atoms with Gasteiger partial charge in [0.2, 0.25) is 5.91 Å². The minimum absolute atomic E-state index is 0.101. The van der Waals surface area contributed by atoms with Gasteiger partial charge in [-0.1, -0.05) is 0 Å². The zero-order valence-corrected chi connectivity index (χ0v) is 10.9. The highest BCUT2D eigenvalue weighted by atomic mass is 16.5. The normalized spacial score (nSPS) is 17.0. The lowest BCUT2D eigenvalue weighted by molar-refractivity contribution is -0.117. The first-order valence-electron chi connectivity index (χ1n) is 5.63. The maximum Gasteiger partial charge on any atom is 0.352 e. The van der Waals surface area contributed by atoms with E-state index in [2.05, 4.69) is 0 Å². The summed E-state index contributed by atoms with van der Waals surface area (Å²) in [6.45, 7) is 5.57. The number of carbonyl (C=O) groups excluding carboxylic acids is 1. The van der Waals surface area contributed by atoms with Gasteiger partial charge in [0, 0.05) is 20.0 Å². The Morgan fingerprint density at radius 2 is 2.06 bits per heavy atom. The number of ether oxygens (including phenoxy) is 1. The third-order valence-corrected chi connectivity index (χ3v) is 2.95. The Morgan fingerprint density at radius 3 is 2.56 bits per heavy atom. The van der Waals surface area contributed by atoms with Crippen LogP contribution in [0.15, 0.2) is 6.07 Å². The molecule has 2 heterocycles. The van der Waals surface area contributed by atoms with Gasteiger partial charge < -0.3 is 14.4 Å². The first-order chi connectivity index (χ1) is 8.23. The summed E-state index contributed by atoms with van der Waals surface area (Å²) >= 11 is 0. The lowest BCUT2D eigenvalue weighted by Gasteiger charge is -2.38. The average Bonchev–Trinajstić information content (AvgIpc) is 2.53. The highest BCUT2D eigenvalue weighted by Gasteiger charge is 2.37.